The first-order chi connectivity index (χ1) is 13.8. The molecule has 6 nitrogen and oxygen atoms in total. The van der Waals surface area contributed by atoms with Crippen molar-refractivity contribution < 1.29 is 17.6 Å². The molecule has 0 spiro atoms. The molecule has 4 rings (SSSR count). The number of rotatable bonds is 4. The normalized spacial score (nSPS) is 17.6. The summed E-state index contributed by atoms with van der Waals surface area (Å²) in [5.74, 6) is -0.724. The summed E-state index contributed by atoms with van der Waals surface area (Å²) in [6, 6.07) is 12.1. The van der Waals surface area contributed by atoms with Gasteiger partial charge in [-0.25, -0.2) is 17.5 Å². The molecule has 1 fully saturated rings. The summed E-state index contributed by atoms with van der Waals surface area (Å²) in [4.78, 5) is 18.0. The number of halogens is 1. The zero-order chi connectivity index (χ0) is 20.6. The van der Waals surface area contributed by atoms with E-state index in [2.05, 4.69) is 9.71 Å². The average Bonchev–Trinajstić information content (AvgIpc) is 3.03. The lowest BCUT2D eigenvalue weighted by Crippen LogP contribution is -2.49. The summed E-state index contributed by atoms with van der Waals surface area (Å²) in [6.07, 6.45) is 1.30. The number of fused-ring (bicyclic) bond motifs is 1. The number of benzene rings is 2. The number of para-hydroxylation sites is 1. The Morgan fingerprint density at radius 1 is 1.21 bits per heavy atom. The number of hydrogen-bond acceptors (Lipinski definition) is 3. The number of piperidine rings is 1. The van der Waals surface area contributed by atoms with Gasteiger partial charge in [0.2, 0.25) is 10.0 Å². The summed E-state index contributed by atoms with van der Waals surface area (Å²) >= 11 is 0. The number of sulfonamides is 1. The maximum Gasteiger partial charge on any atom is 0.256 e. The zero-order valence-electron chi connectivity index (χ0n) is 16.0. The molecule has 0 aliphatic carbocycles. The molecule has 1 aliphatic heterocycles. The van der Waals surface area contributed by atoms with E-state index in [-0.39, 0.29) is 17.3 Å². The molecule has 1 atom stereocenters. The van der Waals surface area contributed by atoms with Gasteiger partial charge < -0.3 is 9.88 Å². The fraction of sp³-hybridized carbons (Fsp3) is 0.286. The molecule has 0 bridgehead atoms. The summed E-state index contributed by atoms with van der Waals surface area (Å²) in [6.45, 7) is 2.70. The Kier molecular flexibility index (Phi) is 5.14. The first-order valence-electron chi connectivity index (χ1n) is 9.49. The maximum atomic E-state index is 13.4. The molecule has 8 heteroatoms. The number of hydrogen-bond donors (Lipinski definition) is 2. The van der Waals surface area contributed by atoms with Gasteiger partial charge in [0, 0.05) is 35.7 Å². The van der Waals surface area contributed by atoms with Crippen LogP contribution in [0.1, 0.15) is 28.9 Å². The number of aromatic nitrogens is 1. The van der Waals surface area contributed by atoms with Crippen molar-refractivity contribution in [2.45, 2.75) is 30.7 Å². The highest BCUT2D eigenvalue weighted by Crippen LogP contribution is 2.25. The molecule has 0 saturated carbocycles. The van der Waals surface area contributed by atoms with Crippen molar-refractivity contribution in [2.24, 2.45) is 0 Å². The van der Waals surface area contributed by atoms with E-state index in [1.54, 1.807) is 4.90 Å². The molecule has 2 heterocycles. The van der Waals surface area contributed by atoms with Gasteiger partial charge in [-0.1, -0.05) is 24.3 Å². The van der Waals surface area contributed by atoms with Crippen molar-refractivity contribution in [1.82, 2.24) is 14.6 Å². The van der Waals surface area contributed by atoms with Gasteiger partial charge in [0.1, 0.15) is 5.82 Å². The van der Waals surface area contributed by atoms with Crippen molar-refractivity contribution in [1.29, 1.82) is 0 Å². The van der Waals surface area contributed by atoms with Gasteiger partial charge in [-0.3, -0.25) is 4.79 Å². The summed E-state index contributed by atoms with van der Waals surface area (Å²) < 4.78 is 41.2. The Morgan fingerprint density at radius 3 is 2.79 bits per heavy atom. The van der Waals surface area contributed by atoms with E-state index in [0.29, 0.717) is 24.9 Å². The van der Waals surface area contributed by atoms with Crippen LogP contribution in [0, 0.1) is 12.7 Å². The van der Waals surface area contributed by atoms with Crippen molar-refractivity contribution in [2.75, 3.05) is 13.1 Å². The van der Waals surface area contributed by atoms with Gasteiger partial charge in [-0.2, -0.15) is 0 Å². The van der Waals surface area contributed by atoms with Crippen LogP contribution in [0.5, 0.6) is 0 Å². The number of nitrogens with one attached hydrogen (secondary N) is 2. The minimum atomic E-state index is -3.86. The predicted octanol–water partition coefficient (Wildman–Crippen LogP) is 3.20. The third-order valence-corrected chi connectivity index (χ3v) is 6.76. The summed E-state index contributed by atoms with van der Waals surface area (Å²) in [5, 5.41) is 0.859. The van der Waals surface area contributed by atoms with Crippen LogP contribution in [0.3, 0.4) is 0 Å². The molecule has 0 radical (unpaired) electrons. The molecule has 1 amide bonds. The number of amides is 1. The van der Waals surface area contributed by atoms with E-state index < -0.39 is 21.9 Å². The number of likely N-dealkylation sites (tertiary alicyclic amines) is 1. The molecule has 152 valence electrons. The molecular formula is C21H22FN3O3S. The van der Waals surface area contributed by atoms with E-state index in [9.17, 15) is 17.6 Å². The lowest BCUT2D eigenvalue weighted by Gasteiger charge is -2.33. The SMILES string of the molecule is Cc1[nH]c2ccccc2c1C(=O)N1CCCC(NS(=O)(=O)c2cccc(F)c2)C1. The average molecular weight is 415 g/mol. The Hall–Kier alpha value is -2.71. The zero-order valence-corrected chi connectivity index (χ0v) is 16.8. The van der Waals surface area contributed by atoms with E-state index in [4.69, 9.17) is 0 Å². The molecule has 3 aromatic rings. The minimum absolute atomic E-state index is 0.116. The van der Waals surface area contributed by atoms with E-state index in [1.165, 1.54) is 18.2 Å². The Bertz CT molecular complexity index is 1170. The van der Waals surface area contributed by atoms with Crippen LogP contribution in [0.25, 0.3) is 10.9 Å². The van der Waals surface area contributed by atoms with Crippen LogP contribution in [0.2, 0.25) is 0 Å². The third kappa shape index (κ3) is 3.90. The second-order valence-electron chi connectivity index (χ2n) is 7.34. The van der Waals surface area contributed by atoms with Crippen LogP contribution < -0.4 is 4.72 Å². The molecule has 2 N–H and O–H groups in total. The Morgan fingerprint density at radius 2 is 2.00 bits per heavy atom. The highest BCUT2D eigenvalue weighted by molar-refractivity contribution is 7.89. The van der Waals surface area contributed by atoms with Crippen LogP contribution in [0.4, 0.5) is 4.39 Å². The molecular weight excluding hydrogens is 393 g/mol. The number of carbonyl (C=O) groups is 1. The molecule has 1 aromatic heterocycles. The van der Waals surface area contributed by atoms with E-state index in [1.807, 2.05) is 31.2 Å². The van der Waals surface area contributed by atoms with Crippen molar-refractivity contribution >= 4 is 26.8 Å². The number of nitrogens with zero attached hydrogens (tertiary/aromatic N) is 1. The van der Waals surface area contributed by atoms with Gasteiger partial charge in [0.25, 0.3) is 5.91 Å². The highest BCUT2D eigenvalue weighted by atomic mass is 32.2. The fourth-order valence-corrected chi connectivity index (χ4v) is 5.18. The van der Waals surface area contributed by atoms with E-state index >= 15 is 0 Å². The summed E-state index contributed by atoms with van der Waals surface area (Å²) in [5.41, 5.74) is 2.31. The molecule has 29 heavy (non-hydrogen) atoms. The van der Waals surface area contributed by atoms with Crippen molar-refractivity contribution in [3.63, 3.8) is 0 Å². The minimum Gasteiger partial charge on any atom is -0.358 e. The van der Waals surface area contributed by atoms with Gasteiger partial charge >= 0.3 is 0 Å². The molecule has 1 aliphatic rings. The standard InChI is InChI=1S/C21H22FN3O3S/c1-14-20(18-9-2-3-10-19(18)23-14)21(26)25-11-5-7-16(13-25)24-29(27,28)17-8-4-6-15(22)12-17/h2-4,6,8-10,12,16,23-24H,5,7,11,13H2,1H3. The van der Waals surface area contributed by atoms with Crippen LogP contribution in [0.15, 0.2) is 53.4 Å². The van der Waals surface area contributed by atoms with Gasteiger partial charge in [-0.15, -0.1) is 0 Å². The number of carbonyl (C=O) groups excluding carboxylic acids is 1. The highest BCUT2D eigenvalue weighted by Gasteiger charge is 2.30. The topological polar surface area (TPSA) is 82.3 Å². The van der Waals surface area contributed by atoms with Gasteiger partial charge in [-0.05, 0) is 44.0 Å². The monoisotopic (exact) mass is 415 g/mol. The fourth-order valence-electron chi connectivity index (χ4n) is 3.89. The third-order valence-electron chi connectivity index (χ3n) is 5.24. The number of aromatic amines is 1. The van der Waals surface area contributed by atoms with Crippen molar-refractivity contribution in [3.8, 4) is 0 Å². The van der Waals surface area contributed by atoms with Gasteiger partial charge in [0.05, 0.1) is 10.5 Å². The van der Waals surface area contributed by atoms with E-state index in [0.717, 1.165) is 22.7 Å². The van der Waals surface area contributed by atoms with Crippen molar-refractivity contribution in [3.05, 3.63) is 65.6 Å². The maximum absolute atomic E-state index is 13.4. The quantitative estimate of drug-likeness (QED) is 0.687. The van der Waals surface area contributed by atoms with Crippen LogP contribution in [-0.4, -0.2) is 43.3 Å². The first kappa shape index (κ1) is 19.6. The van der Waals surface area contributed by atoms with Crippen LogP contribution in [-0.2, 0) is 10.0 Å². The lowest BCUT2D eigenvalue weighted by molar-refractivity contribution is 0.0704. The first-order valence-corrected chi connectivity index (χ1v) is 11.0. The molecule has 1 saturated heterocycles. The Labute approximate surface area is 168 Å². The largest absolute Gasteiger partial charge is 0.358 e. The molecule has 2 aromatic carbocycles. The smallest absolute Gasteiger partial charge is 0.256 e. The predicted molar refractivity (Wildman–Crippen MR) is 109 cm³/mol. The Balaban J connectivity index is 1.54. The molecule has 1 unspecified atom stereocenters. The number of aryl methyl sites for hydroxylation is 1. The second-order valence-corrected chi connectivity index (χ2v) is 9.05. The lowest BCUT2D eigenvalue weighted by atomic mass is 10.0. The van der Waals surface area contributed by atoms with Gasteiger partial charge in [0.15, 0.2) is 0 Å². The number of H-pyrrole nitrogens is 1. The van der Waals surface area contributed by atoms with Crippen LogP contribution >= 0.6 is 0 Å². The summed E-state index contributed by atoms with van der Waals surface area (Å²) in [7, 11) is -3.86. The second kappa shape index (κ2) is 7.61.